The average Bonchev–Trinajstić information content (AvgIpc) is 2.41. The monoisotopic (exact) mass is 359 g/mol. The van der Waals surface area contributed by atoms with Crippen LogP contribution < -0.4 is 10.5 Å². The van der Waals surface area contributed by atoms with Gasteiger partial charge in [-0.25, -0.2) is 4.98 Å². The second-order valence-electron chi connectivity index (χ2n) is 5.32. The maximum absolute atomic E-state index is 11.7. The van der Waals surface area contributed by atoms with E-state index in [-0.39, 0.29) is 5.56 Å². The van der Waals surface area contributed by atoms with Gasteiger partial charge >= 0.3 is 0 Å². The number of rotatable bonds is 1. The maximum atomic E-state index is 11.7. The minimum atomic E-state index is -0.0152. The van der Waals surface area contributed by atoms with Crippen molar-refractivity contribution in [2.24, 2.45) is 5.92 Å². The van der Waals surface area contributed by atoms with Crippen LogP contribution >= 0.6 is 22.6 Å². The zero-order valence-corrected chi connectivity index (χ0v) is 12.5. The zero-order valence-electron chi connectivity index (χ0n) is 10.4. The lowest BCUT2D eigenvalue weighted by atomic mass is 9.78. The van der Waals surface area contributed by atoms with E-state index in [1.54, 1.807) is 0 Å². The Kier molecular flexibility index (Phi) is 3.59. The summed E-state index contributed by atoms with van der Waals surface area (Å²) in [6.07, 6.45) is 9.40. The third-order valence-electron chi connectivity index (χ3n) is 4.29. The highest BCUT2D eigenvalue weighted by Gasteiger charge is 2.34. The van der Waals surface area contributed by atoms with Gasteiger partial charge in [-0.2, -0.15) is 0 Å². The number of aromatic nitrogens is 2. The van der Waals surface area contributed by atoms with E-state index in [1.165, 1.54) is 44.9 Å². The van der Waals surface area contributed by atoms with Crippen LogP contribution in [0, 0.1) is 9.49 Å². The fourth-order valence-electron chi connectivity index (χ4n) is 3.46. The molecule has 2 heterocycles. The van der Waals surface area contributed by atoms with Crippen molar-refractivity contribution in [2.45, 2.75) is 44.6 Å². The van der Waals surface area contributed by atoms with Crippen molar-refractivity contribution in [1.82, 2.24) is 9.97 Å². The Bertz CT molecular complexity index is 485. The second kappa shape index (κ2) is 5.19. The Morgan fingerprint density at radius 1 is 1.28 bits per heavy atom. The predicted molar refractivity (Wildman–Crippen MR) is 79.9 cm³/mol. The molecule has 98 valence electrons. The quantitative estimate of drug-likeness (QED) is 0.784. The summed E-state index contributed by atoms with van der Waals surface area (Å²) in [7, 11) is 0. The molecule has 1 aliphatic heterocycles. The van der Waals surface area contributed by atoms with Crippen molar-refractivity contribution < 1.29 is 0 Å². The van der Waals surface area contributed by atoms with Crippen LogP contribution in [0.1, 0.15) is 38.5 Å². The first-order valence-electron chi connectivity index (χ1n) is 6.77. The van der Waals surface area contributed by atoms with Crippen LogP contribution in [0.15, 0.2) is 11.1 Å². The van der Waals surface area contributed by atoms with Crippen molar-refractivity contribution in [2.75, 3.05) is 11.4 Å². The molecule has 1 N–H and O–H groups in total. The van der Waals surface area contributed by atoms with Gasteiger partial charge < -0.3 is 9.88 Å². The SMILES string of the molecule is O=c1[nH]cnc(N2CCCC3CCCCC32)c1I. The molecule has 0 bridgehead atoms. The molecule has 0 aromatic carbocycles. The van der Waals surface area contributed by atoms with Crippen molar-refractivity contribution >= 4 is 28.4 Å². The minimum absolute atomic E-state index is 0.0152. The minimum Gasteiger partial charge on any atom is -0.352 e. The molecule has 2 atom stereocenters. The Morgan fingerprint density at radius 3 is 2.94 bits per heavy atom. The van der Waals surface area contributed by atoms with Gasteiger partial charge in [-0.1, -0.05) is 12.8 Å². The van der Waals surface area contributed by atoms with E-state index in [4.69, 9.17) is 0 Å². The van der Waals surface area contributed by atoms with Gasteiger partial charge in [-0.15, -0.1) is 0 Å². The highest BCUT2D eigenvalue weighted by molar-refractivity contribution is 14.1. The molecule has 0 amide bonds. The molecule has 5 heteroatoms. The lowest BCUT2D eigenvalue weighted by Crippen LogP contribution is -2.48. The van der Waals surface area contributed by atoms with Gasteiger partial charge in [0.05, 0.1) is 6.33 Å². The molecule has 2 aliphatic rings. The number of nitrogens with zero attached hydrogens (tertiary/aromatic N) is 2. The Morgan fingerprint density at radius 2 is 2.06 bits per heavy atom. The number of hydrogen-bond acceptors (Lipinski definition) is 3. The fourth-order valence-corrected chi connectivity index (χ4v) is 4.07. The number of halogens is 1. The normalized spacial score (nSPS) is 27.9. The fraction of sp³-hybridized carbons (Fsp3) is 0.692. The van der Waals surface area contributed by atoms with Crippen LogP contribution in [0.3, 0.4) is 0 Å². The molecule has 0 spiro atoms. The van der Waals surface area contributed by atoms with Gasteiger partial charge in [-0.05, 0) is 54.2 Å². The van der Waals surface area contributed by atoms with Gasteiger partial charge in [0, 0.05) is 12.6 Å². The third-order valence-corrected chi connectivity index (χ3v) is 5.27. The summed E-state index contributed by atoms with van der Waals surface area (Å²) in [4.78, 5) is 21.2. The molecule has 1 saturated carbocycles. The topological polar surface area (TPSA) is 49.0 Å². The smallest absolute Gasteiger partial charge is 0.266 e. The first-order valence-corrected chi connectivity index (χ1v) is 7.85. The molecule has 1 aromatic heterocycles. The molecule has 2 fully saturated rings. The van der Waals surface area contributed by atoms with E-state index in [2.05, 4.69) is 37.5 Å². The molecule has 1 saturated heterocycles. The molecule has 1 aromatic rings. The van der Waals surface area contributed by atoms with Gasteiger partial charge in [0.2, 0.25) is 0 Å². The molecular weight excluding hydrogens is 341 g/mol. The number of aromatic amines is 1. The summed E-state index contributed by atoms with van der Waals surface area (Å²) in [5.41, 5.74) is -0.0152. The second-order valence-corrected chi connectivity index (χ2v) is 6.40. The summed E-state index contributed by atoms with van der Waals surface area (Å²) in [5, 5.41) is 0. The number of fused-ring (bicyclic) bond motifs is 1. The Hall–Kier alpha value is -0.590. The van der Waals surface area contributed by atoms with Crippen molar-refractivity contribution in [3.8, 4) is 0 Å². The van der Waals surface area contributed by atoms with E-state index < -0.39 is 0 Å². The van der Waals surface area contributed by atoms with Crippen LogP contribution in [-0.2, 0) is 0 Å². The van der Waals surface area contributed by atoms with Crippen LogP contribution in [0.2, 0.25) is 0 Å². The van der Waals surface area contributed by atoms with Crippen molar-refractivity contribution in [3.63, 3.8) is 0 Å². The lowest BCUT2D eigenvalue weighted by Gasteiger charge is -2.44. The molecule has 18 heavy (non-hydrogen) atoms. The Labute approximate surface area is 120 Å². The number of H-pyrrole nitrogens is 1. The van der Waals surface area contributed by atoms with Gasteiger partial charge in [0.25, 0.3) is 5.56 Å². The first-order chi connectivity index (χ1) is 8.77. The highest BCUT2D eigenvalue weighted by Crippen LogP contribution is 2.37. The molecule has 1 aliphatic carbocycles. The van der Waals surface area contributed by atoms with Gasteiger partial charge in [0.15, 0.2) is 0 Å². The Balaban J connectivity index is 1.94. The summed E-state index contributed by atoms with van der Waals surface area (Å²) in [6, 6.07) is 0.607. The van der Waals surface area contributed by atoms with Crippen LogP contribution in [0.25, 0.3) is 0 Å². The summed E-state index contributed by atoms with van der Waals surface area (Å²) < 4.78 is 0.737. The van der Waals surface area contributed by atoms with Gasteiger partial charge in [0.1, 0.15) is 9.39 Å². The number of piperidine rings is 1. The molecule has 3 rings (SSSR count). The van der Waals surface area contributed by atoms with E-state index >= 15 is 0 Å². The van der Waals surface area contributed by atoms with Crippen molar-refractivity contribution in [3.05, 3.63) is 20.3 Å². The van der Waals surface area contributed by atoms with E-state index in [9.17, 15) is 4.79 Å². The summed E-state index contributed by atoms with van der Waals surface area (Å²) in [5.74, 6) is 1.71. The van der Waals surface area contributed by atoms with E-state index in [0.29, 0.717) is 6.04 Å². The summed E-state index contributed by atoms with van der Waals surface area (Å²) in [6.45, 7) is 1.05. The van der Waals surface area contributed by atoms with E-state index in [1.807, 2.05) is 0 Å². The molecule has 0 radical (unpaired) electrons. The maximum Gasteiger partial charge on any atom is 0.266 e. The van der Waals surface area contributed by atoms with E-state index in [0.717, 1.165) is 21.9 Å². The molecular formula is C13H18IN3O. The number of anilines is 1. The van der Waals surface area contributed by atoms with Gasteiger partial charge in [-0.3, -0.25) is 4.79 Å². The molecule has 4 nitrogen and oxygen atoms in total. The van der Waals surface area contributed by atoms with Crippen LogP contribution in [0.4, 0.5) is 5.82 Å². The lowest BCUT2D eigenvalue weighted by molar-refractivity contribution is 0.242. The number of nitrogens with one attached hydrogen (secondary N) is 1. The largest absolute Gasteiger partial charge is 0.352 e. The standard InChI is InChI=1S/C13H18IN3O/c14-11-12(15-8-16-13(11)18)17-7-3-5-9-4-1-2-6-10(9)17/h8-10H,1-7H2,(H,15,16,18). The molecule has 2 unspecified atom stereocenters. The average molecular weight is 359 g/mol. The zero-order chi connectivity index (χ0) is 12.5. The van der Waals surface area contributed by atoms with Crippen LogP contribution in [0.5, 0.6) is 0 Å². The summed E-state index contributed by atoms with van der Waals surface area (Å²) >= 11 is 2.12. The van der Waals surface area contributed by atoms with Crippen LogP contribution in [-0.4, -0.2) is 22.6 Å². The van der Waals surface area contributed by atoms with Crippen molar-refractivity contribution in [1.29, 1.82) is 0 Å². The third kappa shape index (κ3) is 2.17. The highest BCUT2D eigenvalue weighted by atomic mass is 127. The first kappa shape index (κ1) is 12.4. The predicted octanol–water partition coefficient (Wildman–Crippen LogP) is 2.53. The number of hydrogen-bond donors (Lipinski definition) is 1.